The Labute approximate surface area is 114 Å². The van der Waals surface area contributed by atoms with Crippen molar-refractivity contribution in [2.75, 3.05) is 0 Å². The molecule has 0 amide bonds. The van der Waals surface area contributed by atoms with Crippen LogP contribution < -0.4 is 4.74 Å². The number of carboxylic acid groups (broad SMARTS) is 1. The van der Waals surface area contributed by atoms with Crippen molar-refractivity contribution in [3.8, 4) is 11.5 Å². The molecule has 0 spiro atoms. The van der Waals surface area contributed by atoms with Crippen LogP contribution in [0.3, 0.4) is 0 Å². The molecule has 4 heteroatoms. The molecular formula is C15H22O4. The maximum atomic E-state index is 10.8. The smallest absolute Gasteiger partial charge is 0.504 e. The number of hydrogen-bond acceptors (Lipinski definition) is 3. The van der Waals surface area contributed by atoms with Gasteiger partial charge in [0.15, 0.2) is 11.5 Å². The van der Waals surface area contributed by atoms with Gasteiger partial charge in [0, 0.05) is 11.1 Å². The van der Waals surface area contributed by atoms with Crippen LogP contribution in [0.25, 0.3) is 0 Å². The molecule has 0 unspecified atom stereocenters. The first-order chi connectivity index (χ1) is 8.44. The molecule has 1 rings (SSSR count). The van der Waals surface area contributed by atoms with E-state index in [1.807, 2.05) is 53.7 Å². The van der Waals surface area contributed by atoms with Gasteiger partial charge >= 0.3 is 6.16 Å². The Bertz CT molecular complexity index is 490. The third-order valence-electron chi connectivity index (χ3n) is 2.94. The minimum atomic E-state index is -1.42. The standard InChI is InChI=1S/C15H22O4/c1-14(2,3)9-7-8-10(15(4,5)6)12(11(9)16)19-13(17)18/h7-8,16H,1-6H3,(H,17,18). The van der Waals surface area contributed by atoms with Crippen molar-refractivity contribution in [3.05, 3.63) is 23.3 Å². The monoisotopic (exact) mass is 266 g/mol. The van der Waals surface area contributed by atoms with Gasteiger partial charge in [0.2, 0.25) is 0 Å². The molecule has 0 aliphatic carbocycles. The Morgan fingerprint density at radius 1 is 1.00 bits per heavy atom. The number of hydrogen-bond donors (Lipinski definition) is 2. The summed E-state index contributed by atoms with van der Waals surface area (Å²) in [7, 11) is 0. The highest BCUT2D eigenvalue weighted by atomic mass is 16.7. The second-order valence-corrected chi connectivity index (χ2v) is 6.71. The van der Waals surface area contributed by atoms with Crippen molar-refractivity contribution < 1.29 is 19.7 Å². The fourth-order valence-electron chi connectivity index (χ4n) is 1.96. The molecule has 19 heavy (non-hydrogen) atoms. The number of aromatic hydroxyl groups is 1. The third-order valence-corrected chi connectivity index (χ3v) is 2.94. The number of carbonyl (C=O) groups is 1. The van der Waals surface area contributed by atoms with Gasteiger partial charge < -0.3 is 14.9 Å². The molecule has 0 saturated heterocycles. The van der Waals surface area contributed by atoms with E-state index < -0.39 is 6.16 Å². The molecule has 1 aromatic rings. The molecule has 0 aliphatic heterocycles. The van der Waals surface area contributed by atoms with Gasteiger partial charge in [-0.1, -0.05) is 53.7 Å². The molecule has 0 fully saturated rings. The summed E-state index contributed by atoms with van der Waals surface area (Å²) in [6.45, 7) is 11.7. The fourth-order valence-corrected chi connectivity index (χ4v) is 1.96. The minimum absolute atomic E-state index is 0.0347. The van der Waals surface area contributed by atoms with Crippen LogP contribution in [0.1, 0.15) is 52.7 Å². The zero-order chi connectivity index (χ0) is 15.0. The van der Waals surface area contributed by atoms with Gasteiger partial charge in [0.05, 0.1) is 0 Å². The summed E-state index contributed by atoms with van der Waals surface area (Å²) < 4.78 is 4.81. The van der Waals surface area contributed by atoms with Gasteiger partial charge in [-0.05, 0) is 10.8 Å². The first-order valence-corrected chi connectivity index (χ1v) is 6.22. The summed E-state index contributed by atoms with van der Waals surface area (Å²) in [6, 6.07) is 3.64. The number of ether oxygens (including phenoxy) is 1. The summed E-state index contributed by atoms with van der Waals surface area (Å²) in [5, 5.41) is 19.2. The SMILES string of the molecule is CC(C)(C)c1ccc(C(C)(C)C)c(OC(=O)O)c1O. The van der Waals surface area contributed by atoms with Crippen LogP contribution in [0.2, 0.25) is 0 Å². The summed E-state index contributed by atoms with van der Waals surface area (Å²) in [4.78, 5) is 10.8. The minimum Gasteiger partial charge on any atom is -0.504 e. The van der Waals surface area contributed by atoms with Gasteiger partial charge in [-0.15, -0.1) is 0 Å². The van der Waals surface area contributed by atoms with E-state index in [-0.39, 0.29) is 22.3 Å². The lowest BCUT2D eigenvalue weighted by Gasteiger charge is -2.27. The molecule has 2 N–H and O–H groups in total. The van der Waals surface area contributed by atoms with E-state index in [0.717, 1.165) is 0 Å². The molecule has 106 valence electrons. The van der Waals surface area contributed by atoms with Crippen molar-refractivity contribution >= 4 is 6.16 Å². The highest BCUT2D eigenvalue weighted by Crippen LogP contribution is 2.43. The van der Waals surface area contributed by atoms with Gasteiger partial charge in [-0.2, -0.15) is 0 Å². The summed E-state index contributed by atoms with van der Waals surface area (Å²) >= 11 is 0. The van der Waals surface area contributed by atoms with Crippen molar-refractivity contribution in [2.45, 2.75) is 52.4 Å². The Kier molecular flexibility index (Phi) is 3.84. The Morgan fingerprint density at radius 3 is 1.79 bits per heavy atom. The lowest BCUT2D eigenvalue weighted by molar-refractivity contribution is 0.141. The van der Waals surface area contributed by atoms with Crippen molar-refractivity contribution in [1.29, 1.82) is 0 Å². The second-order valence-electron chi connectivity index (χ2n) is 6.71. The van der Waals surface area contributed by atoms with Gasteiger partial charge in [0.1, 0.15) is 0 Å². The van der Waals surface area contributed by atoms with E-state index in [9.17, 15) is 9.90 Å². The number of phenolic OH excluding ortho intramolecular Hbond substituents is 1. The molecule has 0 aliphatic rings. The molecule has 0 aromatic heterocycles. The van der Waals surface area contributed by atoms with E-state index in [1.54, 1.807) is 0 Å². The van der Waals surface area contributed by atoms with Crippen LogP contribution in [0.5, 0.6) is 11.5 Å². The van der Waals surface area contributed by atoms with Gasteiger partial charge in [-0.3, -0.25) is 0 Å². The molecule has 0 bridgehead atoms. The van der Waals surface area contributed by atoms with Crippen LogP contribution in [0.4, 0.5) is 4.79 Å². The summed E-state index contributed by atoms with van der Waals surface area (Å²) in [6.07, 6.45) is -1.42. The van der Waals surface area contributed by atoms with Gasteiger partial charge in [-0.25, -0.2) is 4.79 Å². The molecule has 4 nitrogen and oxygen atoms in total. The summed E-state index contributed by atoms with van der Waals surface area (Å²) in [5.41, 5.74) is 0.715. The van der Waals surface area contributed by atoms with E-state index in [1.165, 1.54) is 0 Å². The van der Waals surface area contributed by atoms with Crippen LogP contribution >= 0.6 is 0 Å². The zero-order valence-corrected chi connectivity index (χ0v) is 12.4. The average Bonchev–Trinajstić information content (AvgIpc) is 2.16. The number of phenols is 1. The van der Waals surface area contributed by atoms with Crippen molar-refractivity contribution in [2.24, 2.45) is 0 Å². The molecular weight excluding hydrogens is 244 g/mol. The lowest BCUT2D eigenvalue weighted by Crippen LogP contribution is -2.18. The van der Waals surface area contributed by atoms with E-state index in [4.69, 9.17) is 9.84 Å². The van der Waals surface area contributed by atoms with Crippen LogP contribution in [0, 0.1) is 0 Å². The van der Waals surface area contributed by atoms with Gasteiger partial charge in [0.25, 0.3) is 0 Å². The molecule has 0 saturated carbocycles. The first kappa shape index (κ1) is 15.3. The Hall–Kier alpha value is -1.71. The molecule has 0 atom stereocenters. The predicted octanol–water partition coefficient (Wildman–Crippen LogP) is 4.04. The molecule has 0 radical (unpaired) electrons. The number of rotatable bonds is 1. The third kappa shape index (κ3) is 3.40. The van der Waals surface area contributed by atoms with E-state index in [0.29, 0.717) is 11.1 Å². The van der Waals surface area contributed by atoms with Crippen molar-refractivity contribution in [1.82, 2.24) is 0 Å². The van der Waals surface area contributed by atoms with E-state index >= 15 is 0 Å². The fraction of sp³-hybridized carbons (Fsp3) is 0.533. The van der Waals surface area contributed by atoms with Crippen LogP contribution in [0.15, 0.2) is 12.1 Å². The van der Waals surface area contributed by atoms with E-state index in [2.05, 4.69) is 0 Å². The van der Waals surface area contributed by atoms with Crippen LogP contribution in [-0.4, -0.2) is 16.4 Å². The maximum Gasteiger partial charge on any atom is 0.511 e. The second kappa shape index (κ2) is 4.76. The normalized spacial score (nSPS) is 12.3. The summed E-state index contributed by atoms with van der Waals surface area (Å²) in [5.74, 6) is -0.0604. The molecule has 0 heterocycles. The average molecular weight is 266 g/mol. The zero-order valence-electron chi connectivity index (χ0n) is 12.4. The Balaban J connectivity index is 3.54. The topological polar surface area (TPSA) is 66.8 Å². The molecule has 1 aromatic carbocycles. The number of benzene rings is 1. The van der Waals surface area contributed by atoms with Crippen molar-refractivity contribution in [3.63, 3.8) is 0 Å². The highest BCUT2D eigenvalue weighted by molar-refractivity contribution is 5.66. The largest absolute Gasteiger partial charge is 0.511 e. The lowest BCUT2D eigenvalue weighted by atomic mass is 9.81. The maximum absolute atomic E-state index is 10.8. The quantitative estimate of drug-likeness (QED) is 0.594. The highest BCUT2D eigenvalue weighted by Gasteiger charge is 2.28. The Morgan fingerprint density at radius 2 is 1.42 bits per heavy atom. The van der Waals surface area contributed by atoms with Crippen LogP contribution in [-0.2, 0) is 10.8 Å². The first-order valence-electron chi connectivity index (χ1n) is 6.22. The predicted molar refractivity (Wildman–Crippen MR) is 74.2 cm³/mol.